The number of carbonyl (C=O) groups excluding carboxylic acids is 1. The maximum Gasteiger partial charge on any atom is 0.255 e. The van der Waals surface area contributed by atoms with E-state index in [1.807, 2.05) is 31.1 Å². The van der Waals surface area contributed by atoms with E-state index in [-0.39, 0.29) is 11.9 Å². The molecule has 3 aromatic rings. The number of anilines is 1. The smallest absolute Gasteiger partial charge is 0.255 e. The van der Waals surface area contributed by atoms with Gasteiger partial charge in [-0.3, -0.25) is 9.48 Å². The van der Waals surface area contributed by atoms with E-state index in [1.54, 1.807) is 17.1 Å². The second-order valence-electron chi connectivity index (χ2n) is 9.67. The van der Waals surface area contributed by atoms with Crippen molar-refractivity contribution < 1.29 is 4.79 Å². The molecule has 0 bridgehead atoms. The summed E-state index contributed by atoms with van der Waals surface area (Å²) in [7, 11) is 1.99. The molecule has 0 aromatic carbocycles. The number of fused-ring (bicyclic) bond motifs is 1. The number of aryl methyl sites for hydroxylation is 2. The first-order chi connectivity index (χ1) is 15.5. The number of hydrogen-bond donors (Lipinski definition) is 1. The summed E-state index contributed by atoms with van der Waals surface area (Å²) >= 11 is 0. The van der Waals surface area contributed by atoms with Crippen LogP contribution in [0.4, 0.5) is 5.95 Å². The van der Waals surface area contributed by atoms with Crippen LogP contribution in [-0.4, -0.2) is 48.3 Å². The summed E-state index contributed by atoms with van der Waals surface area (Å²) in [5.41, 5.74) is 5.25. The Morgan fingerprint density at radius 3 is 2.84 bits per heavy atom. The first-order valence-electron chi connectivity index (χ1n) is 11.4. The Kier molecular flexibility index (Phi) is 4.34. The van der Waals surface area contributed by atoms with E-state index in [2.05, 4.69) is 25.3 Å². The molecule has 1 saturated carbocycles. The standard InChI is InChI=1S/C23H28N8O/c1-15-16(8-24-22(27-15)30-12-23(13-30)6-3-7-23)10-31-11-17(9-26-31)21(32)28-18-4-5-19-20(18)25-14-29(19)2/h8-9,11,14,18H,3-7,10,12-13H2,1-2H3,(H,28,32)/t18-/m1/s1. The van der Waals surface area contributed by atoms with E-state index in [0.29, 0.717) is 17.5 Å². The van der Waals surface area contributed by atoms with Gasteiger partial charge in [-0.25, -0.2) is 15.0 Å². The Hall–Kier alpha value is -3.23. The molecule has 9 nitrogen and oxygen atoms in total. The summed E-state index contributed by atoms with van der Waals surface area (Å²) in [4.78, 5) is 28.8. The van der Waals surface area contributed by atoms with E-state index in [0.717, 1.165) is 48.8 Å². The first-order valence-corrected chi connectivity index (χ1v) is 11.4. The van der Waals surface area contributed by atoms with Crippen molar-refractivity contribution in [3.63, 3.8) is 0 Å². The molecular formula is C23H28N8O. The topological polar surface area (TPSA) is 93.8 Å². The molecule has 1 aliphatic heterocycles. The Balaban J connectivity index is 1.10. The number of nitrogens with one attached hydrogen (secondary N) is 1. The predicted molar refractivity (Wildman–Crippen MR) is 118 cm³/mol. The van der Waals surface area contributed by atoms with Crippen molar-refractivity contribution in [2.24, 2.45) is 12.5 Å². The van der Waals surface area contributed by atoms with Crippen molar-refractivity contribution in [2.45, 2.75) is 51.6 Å². The SMILES string of the molecule is Cc1nc(N2CC3(CCC3)C2)ncc1Cn1cc(C(=O)N[C@@H]2CCc3c2ncn3C)cn1. The highest BCUT2D eigenvalue weighted by Crippen LogP contribution is 2.48. The third-order valence-electron chi connectivity index (χ3n) is 7.44. The van der Waals surface area contributed by atoms with Crippen LogP contribution in [-0.2, 0) is 20.0 Å². The van der Waals surface area contributed by atoms with Crippen LogP contribution >= 0.6 is 0 Å². The number of amides is 1. The van der Waals surface area contributed by atoms with E-state index in [1.165, 1.54) is 25.0 Å². The monoisotopic (exact) mass is 432 g/mol. The van der Waals surface area contributed by atoms with Crippen LogP contribution in [0.15, 0.2) is 24.9 Å². The zero-order valence-corrected chi connectivity index (χ0v) is 18.6. The minimum atomic E-state index is -0.120. The molecule has 1 N–H and O–H groups in total. The summed E-state index contributed by atoms with van der Waals surface area (Å²) in [6.07, 6.45) is 13.0. The molecule has 2 fully saturated rings. The summed E-state index contributed by atoms with van der Waals surface area (Å²) in [5.74, 6) is 0.709. The lowest BCUT2D eigenvalue weighted by Crippen LogP contribution is -2.60. The van der Waals surface area contributed by atoms with Crippen molar-refractivity contribution in [3.05, 3.63) is 53.1 Å². The number of aromatic nitrogens is 6. The minimum absolute atomic E-state index is 0.0363. The Bertz CT molecular complexity index is 1180. The normalized spacial score (nSPS) is 20.7. The molecule has 0 unspecified atom stereocenters. The van der Waals surface area contributed by atoms with Gasteiger partial charge in [0.25, 0.3) is 5.91 Å². The zero-order valence-electron chi connectivity index (χ0n) is 18.6. The fourth-order valence-electron chi connectivity index (χ4n) is 5.30. The van der Waals surface area contributed by atoms with E-state index in [4.69, 9.17) is 4.98 Å². The van der Waals surface area contributed by atoms with Gasteiger partial charge in [0.15, 0.2) is 0 Å². The van der Waals surface area contributed by atoms with Crippen molar-refractivity contribution in [3.8, 4) is 0 Å². The first kappa shape index (κ1) is 19.5. The van der Waals surface area contributed by atoms with Gasteiger partial charge in [-0.05, 0) is 32.6 Å². The lowest BCUT2D eigenvalue weighted by Gasteiger charge is -2.55. The highest BCUT2D eigenvalue weighted by atomic mass is 16.1. The fraction of sp³-hybridized carbons (Fsp3) is 0.522. The molecule has 2 aliphatic carbocycles. The summed E-state index contributed by atoms with van der Waals surface area (Å²) < 4.78 is 3.80. The van der Waals surface area contributed by atoms with Gasteiger partial charge < -0.3 is 14.8 Å². The van der Waals surface area contributed by atoms with Crippen molar-refractivity contribution in [1.29, 1.82) is 0 Å². The molecule has 1 atom stereocenters. The van der Waals surface area contributed by atoms with Crippen LogP contribution in [0, 0.1) is 12.3 Å². The van der Waals surface area contributed by atoms with Crippen LogP contribution in [0.5, 0.6) is 0 Å². The Labute approximate surface area is 186 Å². The molecule has 4 heterocycles. The summed E-state index contributed by atoms with van der Waals surface area (Å²) in [5, 5.41) is 7.49. The van der Waals surface area contributed by atoms with Gasteiger partial charge >= 0.3 is 0 Å². The van der Waals surface area contributed by atoms with Gasteiger partial charge in [0, 0.05) is 54.9 Å². The van der Waals surface area contributed by atoms with Crippen LogP contribution in [0.2, 0.25) is 0 Å². The van der Waals surface area contributed by atoms with Gasteiger partial charge in [-0.15, -0.1) is 0 Å². The van der Waals surface area contributed by atoms with Gasteiger partial charge in [-0.1, -0.05) is 6.42 Å². The lowest BCUT2D eigenvalue weighted by atomic mass is 9.64. The maximum absolute atomic E-state index is 12.8. The van der Waals surface area contributed by atoms with Crippen LogP contribution in [0.3, 0.4) is 0 Å². The highest BCUT2D eigenvalue weighted by molar-refractivity contribution is 5.94. The molecule has 9 heteroatoms. The molecule has 6 rings (SSSR count). The van der Waals surface area contributed by atoms with E-state index < -0.39 is 0 Å². The second kappa shape index (κ2) is 7.15. The zero-order chi connectivity index (χ0) is 21.9. The number of carbonyl (C=O) groups is 1. The minimum Gasteiger partial charge on any atom is -0.343 e. The maximum atomic E-state index is 12.8. The number of rotatable bonds is 5. The van der Waals surface area contributed by atoms with Crippen LogP contribution in [0.25, 0.3) is 0 Å². The van der Waals surface area contributed by atoms with Gasteiger partial charge in [0.2, 0.25) is 5.95 Å². The Morgan fingerprint density at radius 1 is 1.25 bits per heavy atom. The average Bonchev–Trinajstić information content (AvgIpc) is 3.41. The third-order valence-corrected chi connectivity index (χ3v) is 7.44. The fourth-order valence-corrected chi connectivity index (χ4v) is 5.30. The third kappa shape index (κ3) is 3.18. The Morgan fingerprint density at radius 2 is 2.09 bits per heavy atom. The van der Waals surface area contributed by atoms with Crippen molar-refractivity contribution in [2.75, 3.05) is 18.0 Å². The van der Waals surface area contributed by atoms with Crippen LogP contribution in [0.1, 0.15) is 64.7 Å². The largest absolute Gasteiger partial charge is 0.343 e. The molecule has 32 heavy (non-hydrogen) atoms. The second-order valence-corrected chi connectivity index (χ2v) is 9.67. The van der Waals surface area contributed by atoms with Crippen LogP contribution < -0.4 is 10.2 Å². The molecule has 3 aliphatic rings. The number of imidazole rings is 1. The average molecular weight is 433 g/mol. The van der Waals surface area contributed by atoms with Gasteiger partial charge in [0.05, 0.1) is 36.4 Å². The molecule has 166 valence electrons. The number of nitrogens with zero attached hydrogens (tertiary/aromatic N) is 7. The molecule has 1 spiro atoms. The summed E-state index contributed by atoms with van der Waals surface area (Å²) in [6.45, 7) is 4.73. The van der Waals surface area contributed by atoms with Gasteiger partial charge in [0.1, 0.15) is 0 Å². The number of hydrogen-bond acceptors (Lipinski definition) is 6. The lowest BCUT2D eigenvalue weighted by molar-refractivity contribution is 0.0887. The van der Waals surface area contributed by atoms with E-state index in [9.17, 15) is 4.79 Å². The molecule has 0 radical (unpaired) electrons. The predicted octanol–water partition coefficient (Wildman–Crippen LogP) is 2.17. The molecule has 1 amide bonds. The molecule has 3 aromatic heterocycles. The molecule has 1 saturated heterocycles. The molecular weight excluding hydrogens is 404 g/mol. The van der Waals surface area contributed by atoms with E-state index >= 15 is 0 Å². The van der Waals surface area contributed by atoms with Crippen molar-refractivity contribution in [1.82, 2.24) is 34.6 Å². The highest BCUT2D eigenvalue weighted by Gasteiger charge is 2.48. The summed E-state index contributed by atoms with van der Waals surface area (Å²) in [6, 6.07) is -0.0363. The quantitative estimate of drug-likeness (QED) is 0.664. The van der Waals surface area contributed by atoms with Crippen molar-refractivity contribution >= 4 is 11.9 Å². The van der Waals surface area contributed by atoms with Gasteiger partial charge in [-0.2, -0.15) is 5.10 Å².